The van der Waals surface area contributed by atoms with Crippen LogP contribution in [-0.4, -0.2) is 43.9 Å². The lowest BCUT2D eigenvalue weighted by Crippen LogP contribution is -2.36. The molecule has 0 aliphatic carbocycles. The lowest BCUT2D eigenvalue weighted by Gasteiger charge is -2.29. The van der Waals surface area contributed by atoms with Gasteiger partial charge >= 0.3 is 0 Å². The number of hydrogen-bond acceptors (Lipinski definition) is 3. The minimum atomic E-state index is 0.237. The van der Waals surface area contributed by atoms with E-state index in [1.807, 2.05) is 10.9 Å². The third-order valence-corrected chi connectivity index (χ3v) is 3.98. The molecule has 2 heterocycles. The lowest BCUT2D eigenvalue weighted by molar-refractivity contribution is 0.122. The molecule has 0 saturated carbocycles. The zero-order chi connectivity index (χ0) is 14.7. The number of nitrogens with zero attached hydrogens (tertiary/aromatic N) is 3. The van der Waals surface area contributed by atoms with Gasteiger partial charge in [-0.05, 0) is 24.1 Å². The van der Waals surface area contributed by atoms with Crippen molar-refractivity contribution in [3.8, 4) is 0 Å². The topological polar surface area (TPSA) is 30.3 Å². The summed E-state index contributed by atoms with van der Waals surface area (Å²) in [6.07, 6.45) is 4.58. The van der Waals surface area contributed by atoms with E-state index in [0.717, 1.165) is 32.7 Å². The van der Waals surface area contributed by atoms with Crippen LogP contribution < -0.4 is 10.4 Å². The minimum absolute atomic E-state index is 0.237. The molecule has 1 aromatic carbocycles. The van der Waals surface area contributed by atoms with Gasteiger partial charge in [-0.15, -0.1) is 0 Å². The van der Waals surface area contributed by atoms with Crippen molar-refractivity contribution in [3.63, 3.8) is 0 Å². The molecule has 1 aromatic heterocycles. The van der Waals surface area contributed by atoms with E-state index < -0.39 is 0 Å². The fourth-order valence-electron chi connectivity index (χ4n) is 2.83. The Labute approximate surface area is 127 Å². The number of anilines is 1. The Hall–Kier alpha value is -1.75. The van der Waals surface area contributed by atoms with E-state index >= 15 is 0 Å². The maximum atomic E-state index is 5.77. The highest BCUT2D eigenvalue weighted by atomic mass is 16.5. The van der Waals surface area contributed by atoms with Crippen molar-refractivity contribution in [1.82, 2.24) is 9.78 Å². The van der Waals surface area contributed by atoms with Crippen molar-refractivity contribution in [2.24, 2.45) is 0 Å². The molecule has 108 valence electrons. The average Bonchev–Trinajstić information content (AvgIpc) is 2.96. The Morgan fingerprint density at radius 2 is 1.95 bits per heavy atom. The van der Waals surface area contributed by atoms with Gasteiger partial charge in [0.25, 0.3) is 0 Å². The molecule has 0 bridgehead atoms. The summed E-state index contributed by atoms with van der Waals surface area (Å²) in [4.78, 5) is 2.36. The minimum Gasteiger partial charge on any atom is -0.378 e. The second kappa shape index (κ2) is 6.35. The van der Waals surface area contributed by atoms with Crippen molar-refractivity contribution in [3.05, 3.63) is 42.2 Å². The van der Waals surface area contributed by atoms with Gasteiger partial charge in [0.15, 0.2) is 0 Å². The van der Waals surface area contributed by atoms with Gasteiger partial charge < -0.3 is 9.64 Å². The van der Waals surface area contributed by atoms with Crippen LogP contribution in [0.3, 0.4) is 0 Å². The molecule has 1 aliphatic heterocycles. The first kappa shape index (κ1) is 14.2. The third kappa shape index (κ3) is 3.13. The van der Waals surface area contributed by atoms with Crippen molar-refractivity contribution < 1.29 is 4.74 Å². The molecule has 2 aromatic rings. The smallest absolute Gasteiger partial charge is 0.118 e. The fraction of sp³-hybridized carbons (Fsp3) is 0.438. The summed E-state index contributed by atoms with van der Waals surface area (Å²) < 4.78 is 7.34. The number of ether oxygens (including phenoxy) is 1. The summed E-state index contributed by atoms with van der Waals surface area (Å²) >= 11 is 0. The summed E-state index contributed by atoms with van der Waals surface area (Å²) in [5, 5.41) is 4.34. The predicted octanol–water partition coefficient (Wildman–Crippen LogP) is 1.51. The summed E-state index contributed by atoms with van der Waals surface area (Å²) in [6, 6.07) is 9.00. The molecular weight excluding hydrogens is 261 g/mol. The van der Waals surface area contributed by atoms with Gasteiger partial charge in [0.2, 0.25) is 0 Å². The number of morpholine rings is 1. The molecular formula is C16H20BN3O. The summed E-state index contributed by atoms with van der Waals surface area (Å²) in [7, 11) is 5.77. The maximum Gasteiger partial charge on any atom is 0.118 e. The van der Waals surface area contributed by atoms with Crippen LogP contribution >= 0.6 is 0 Å². The Morgan fingerprint density at radius 3 is 2.52 bits per heavy atom. The molecule has 21 heavy (non-hydrogen) atoms. The van der Waals surface area contributed by atoms with E-state index in [1.165, 1.54) is 11.3 Å². The summed E-state index contributed by atoms with van der Waals surface area (Å²) in [5.74, 6) is 0. The SMILES string of the molecule is [B]c1cnn(C(CC)c2ccc(N3CCOCC3)cc2)c1. The average molecular weight is 281 g/mol. The van der Waals surface area contributed by atoms with E-state index in [-0.39, 0.29) is 6.04 Å². The van der Waals surface area contributed by atoms with E-state index in [1.54, 1.807) is 6.20 Å². The zero-order valence-corrected chi connectivity index (χ0v) is 12.4. The van der Waals surface area contributed by atoms with Crippen LogP contribution in [0.2, 0.25) is 0 Å². The first-order valence-electron chi connectivity index (χ1n) is 7.50. The zero-order valence-electron chi connectivity index (χ0n) is 12.4. The van der Waals surface area contributed by atoms with Gasteiger partial charge in [-0.25, -0.2) is 0 Å². The van der Waals surface area contributed by atoms with E-state index in [9.17, 15) is 0 Å². The van der Waals surface area contributed by atoms with Crippen LogP contribution in [0.15, 0.2) is 36.7 Å². The molecule has 5 heteroatoms. The molecule has 0 N–H and O–H groups in total. The quantitative estimate of drug-likeness (QED) is 0.796. The van der Waals surface area contributed by atoms with Crippen LogP contribution in [0, 0.1) is 0 Å². The Morgan fingerprint density at radius 1 is 1.24 bits per heavy atom. The summed E-state index contributed by atoms with van der Waals surface area (Å²) in [5.41, 5.74) is 3.23. The number of aromatic nitrogens is 2. The van der Waals surface area contributed by atoms with Crippen molar-refractivity contribution >= 4 is 19.0 Å². The normalized spacial score (nSPS) is 16.9. The fourth-order valence-corrected chi connectivity index (χ4v) is 2.83. The molecule has 2 radical (unpaired) electrons. The monoisotopic (exact) mass is 281 g/mol. The second-order valence-electron chi connectivity index (χ2n) is 5.37. The Kier molecular flexibility index (Phi) is 4.30. The van der Waals surface area contributed by atoms with Crippen molar-refractivity contribution in [2.45, 2.75) is 19.4 Å². The van der Waals surface area contributed by atoms with Gasteiger partial charge in [-0.2, -0.15) is 5.10 Å². The van der Waals surface area contributed by atoms with Gasteiger partial charge in [0, 0.05) is 31.2 Å². The highest BCUT2D eigenvalue weighted by molar-refractivity contribution is 6.31. The first-order valence-corrected chi connectivity index (χ1v) is 7.50. The largest absolute Gasteiger partial charge is 0.378 e. The van der Waals surface area contributed by atoms with E-state index in [2.05, 4.69) is 41.2 Å². The van der Waals surface area contributed by atoms with Crippen molar-refractivity contribution in [1.29, 1.82) is 0 Å². The van der Waals surface area contributed by atoms with E-state index in [0.29, 0.717) is 5.46 Å². The predicted molar refractivity (Wildman–Crippen MR) is 85.5 cm³/mol. The molecule has 4 nitrogen and oxygen atoms in total. The van der Waals surface area contributed by atoms with Gasteiger partial charge in [-0.1, -0.05) is 24.5 Å². The Bertz CT molecular complexity index is 575. The Balaban J connectivity index is 1.78. The molecule has 1 aliphatic rings. The standard InChI is InChI=1S/C16H20BN3O/c1-2-16(20-12-14(17)11-18-20)13-3-5-15(6-4-13)19-7-9-21-10-8-19/h3-6,11-12,16H,2,7-10H2,1H3. The van der Waals surface area contributed by atoms with Crippen LogP contribution in [-0.2, 0) is 4.74 Å². The molecule has 1 fully saturated rings. The lowest BCUT2D eigenvalue weighted by atomic mass is 10.0. The van der Waals surface area contributed by atoms with Gasteiger partial charge in [0.05, 0.1) is 19.3 Å². The van der Waals surface area contributed by atoms with Crippen LogP contribution in [0.1, 0.15) is 24.9 Å². The molecule has 0 spiro atoms. The maximum absolute atomic E-state index is 5.77. The molecule has 1 atom stereocenters. The molecule has 0 amide bonds. The number of rotatable bonds is 4. The molecule has 1 saturated heterocycles. The number of benzene rings is 1. The van der Waals surface area contributed by atoms with E-state index in [4.69, 9.17) is 12.6 Å². The van der Waals surface area contributed by atoms with Gasteiger partial charge in [0.1, 0.15) is 7.85 Å². The molecule has 3 rings (SSSR count). The van der Waals surface area contributed by atoms with Gasteiger partial charge in [-0.3, -0.25) is 4.68 Å². The molecule has 1 unspecified atom stereocenters. The summed E-state index contributed by atoms with van der Waals surface area (Å²) in [6.45, 7) is 5.72. The van der Waals surface area contributed by atoms with Crippen LogP contribution in [0.5, 0.6) is 0 Å². The first-order chi connectivity index (χ1) is 10.3. The second-order valence-corrected chi connectivity index (χ2v) is 5.37. The third-order valence-electron chi connectivity index (χ3n) is 3.98. The van der Waals surface area contributed by atoms with Crippen LogP contribution in [0.4, 0.5) is 5.69 Å². The van der Waals surface area contributed by atoms with Crippen molar-refractivity contribution in [2.75, 3.05) is 31.2 Å². The highest BCUT2D eigenvalue weighted by Crippen LogP contribution is 2.24. The van der Waals surface area contributed by atoms with Crippen LogP contribution in [0.25, 0.3) is 0 Å². The highest BCUT2D eigenvalue weighted by Gasteiger charge is 2.14. The number of hydrogen-bond donors (Lipinski definition) is 0.